The van der Waals surface area contributed by atoms with Gasteiger partial charge in [-0.15, -0.1) is 0 Å². The maximum Gasteiger partial charge on any atom is 0.332 e. The van der Waals surface area contributed by atoms with E-state index >= 15 is 0 Å². The number of urea groups is 1. The van der Waals surface area contributed by atoms with Crippen LogP contribution in [-0.2, 0) is 16.8 Å². The predicted molar refractivity (Wildman–Crippen MR) is 136 cm³/mol. The molecular weight excluding hydrogens is 440 g/mol. The molecule has 0 spiro atoms. The number of para-hydroxylation sites is 2. The number of anilines is 1. The molecule has 2 N–H and O–H groups in total. The first-order valence-electron chi connectivity index (χ1n) is 12.5. The van der Waals surface area contributed by atoms with E-state index in [2.05, 4.69) is 17.2 Å². The third-order valence-electron chi connectivity index (χ3n) is 7.48. The summed E-state index contributed by atoms with van der Waals surface area (Å²) in [7, 11) is 0. The lowest BCUT2D eigenvalue weighted by Crippen LogP contribution is -2.49. The summed E-state index contributed by atoms with van der Waals surface area (Å²) in [6.45, 7) is 6.38. The monoisotopic (exact) mass is 472 g/mol. The number of aromatic nitrogens is 1. The van der Waals surface area contributed by atoms with Crippen molar-refractivity contribution >= 4 is 34.4 Å². The average molecular weight is 473 g/mol. The molecule has 3 heterocycles. The summed E-state index contributed by atoms with van der Waals surface area (Å²) in [6.07, 6.45) is 4.84. The van der Waals surface area contributed by atoms with Crippen LogP contribution in [0.2, 0.25) is 0 Å². The van der Waals surface area contributed by atoms with Crippen LogP contribution in [-0.4, -0.2) is 40.3 Å². The molecule has 1 saturated heterocycles. The fraction of sp³-hybridized carbons (Fsp3) is 0.393. The number of nitrogens with zero attached hydrogens (tertiary/aromatic N) is 2. The lowest BCUT2D eigenvalue weighted by Gasteiger charge is -2.35. The van der Waals surface area contributed by atoms with Gasteiger partial charge in [-0.05, 0) is 50.5 Å². The lowest BCUT2D eigenvalue weighted by atomic mass is 9.87. The molecule has 0 radical (unpaired) electrons. The molecule has 4 amide bonds. The van der Waals surface area contributed by atoms with Gasteiger partial charge in [-0.1, -0.05) is 56.5 Å². The Morgan fingerprint density at radius 1 is 1.11 bits per heavy atom. The normalized spacial score (nSPS) is 20.2. The Morgan fingerprint density at radius 3 is 2.66 bits per heavy atom. The van der Waals surface area contributed by atoms with Crippen LogP contribution in [0.4, 0.5) is 10.5 Å². The standard InChI is InChI=1S/C28H32N4O3/c1-4-5-6-11-18(2)29-25(33)21-13-8-10-15-23(21)32-26(34)28(3)24-20(16-17-31(28)27(32)35)19-12-7-9-14-22(19)30-24/h7-10,12-15,18,30H,4-6,11,16-17H2,1-3H3,(H,29,33)/t18-,28+/m1/s1. The average Bonchev–Trinajstić information content (AvgIpc) is 3.33. The van der Waals surface area contributed by atoms with E-state index in [1.54, 1.807) is 36.1 Å². The fourth-order valence-corrected chi connectivity index (χ4v) is 5.54. The Kier molecular flexibility index (Phi) is 5.87. The van der Waals surface area contributed by atoms with Gasteiger partial charge in [0.15, 0.2) is 5.54 Å². The molecular formula is C28H32N4O3. The molecule has 2 atom stereocenters. The van der Waals surface area contributed by atoms with Gasteiger partial charge in [0.05, 0.1) is 16.9 Å². The molecule has 2 aromatic carbocycles. The SMILES string of the molecule is CCCCC[C@@H](C)NC(=O)c1ccccc1N1C(=O)N2CCc3c([nH]c4ccccc34)[C@@]2(C)C1=O. The molecule has 0 bridgehead atoms. The summed E-state index contributed by atoms with van der Waals surface area (Å²) < 4.78 is 0. The molecule has 2 aliphatic rings. The summed E-state index contributed by atoms with van der Waals surface area (Å²) >= 11 is 0. The first-order chi connectivity index (χ1) is 16.9. The van der Waals surface area contributed by atoms with Gasteiger partial charge in [-0.25, -0.2) is 9.69 Å². The third-order valence-corrected chi connectivity index (χ3v) is 7.48. The second kappa shape index (κ2) is 8.87. The highest BCUT2D eigenvalue weighted by Gasteiger charge is 2.59. The van der Waals surface area contributed by atoms with Gasteiger partial charge in [0.1, 0.15) is 0 Å². The second-order valence-corrected chi connectivity index (χ2v) is 9.81. The van der Waals surface area contributed by atoms with Gasteiger partial charge in [0.25, 0.3) is 11.8 Å². The number of rotatable bonds is 7. The molecule has 2 aliphatic heterocycles. The summed E-state index contributed by atoms with van der Waals surface area (Å²) in [4.78, 5) is 47.1. The van der Waals surface area contributed by atoms with E-state index in [4.69, 9.17) is 0 Å². The second-order valence-electron chi connectivity index (χ2n) is 9.81. The van der Waals surface area contributed by atoms with Crippen LogP contribution in [0.5, 0.6) is 0 Å². The number of aromatic amines is 1. The number of benzene rings is 2. The number of H-pyrrole nitrogens is 1. The van der Waals surface area contributed by atoms with Gasteiger partial charge in [0.2, 0.25) is 0 Å². The van der Waals surface area contributed by atoms with E-state index < -0.39 is 11.6 Å². The third kappa shape index (κ3) is 3.61. The largest absolute Gasteiger partial charge is 0.356 e. The van der Waals surface area contributed by atoms with Gasteiger partial charge in [-0.2, -0.15) is 0 Å². The highest BCUT2D eigenvalue weighted by atomic mass is 16.2. The Balaban J connectivity index is 1.49. The maximum atomic E-state index is 14.0. The van der Waals surface area contributed by atoms with Crippen molar-refractivity contribution in [1.82, 2.24) is 15.2 Å². The van der Waals surface area contributed by atoms with Crippen LogP contribution in [0.3, 0.4) is 0 Å². The molecule has 7 nitrogen and oxygen atoms in total. The molecule has 1 aromatic heterocycles. The molecule has 3 aromatic rings. The minimum atomic E-state index is -1.15. The molecule has 0 unspecified atom stereocenters. The zero-order valence-electron chi connectivity index (χ0n) is 20.6. The van der Waals surface area contributed by atoms with E-state index in [-0.39, 0.29) is 17.9 Å². The lowest BCUT2D eigenvalue weighted by molar-refractivity contribution is -0.125. The van der Waals surface area contributed by atoms with Crippen molar-refractivity contribution in [1.29, 1.82) is 0 Å². The smallest absolute Gasteiger partial charge is 0.332 e. The Bertz CT molecular complexity index is 1310. The summed E-state index contributed by atoms with van der Waals surface area (Å²) in [5.74, 6) is -0.613. The fourth-order valence-electron chi connectivity index (χ4n) is 5.54. The predicted octanol–water partition coefficient (Wildman–Crippen LogP) is 5.11. The first-order valence-corrected chi connectivity index (χ1v) is 12.5. The maximum absolute atomic E-state index is 14.0. The van der Waals surface area contributed by atoms with E-state index in [9.17, 15) is 14.4 Å². The van der Waals surface area contributed by atoms with Crippen LogP contribution in [0.25, 0.3) is 10.9 Å². The number of hydrogen-bond acceptors (Lipinski definition) is 3. The van der Waals surface area contributed by atoms with Crippen molar-refractivity contribution in [2.45, 2.75) is 64.5 Å². The van der Waals surface area contributed by atoms with Gasteiger partial charge in [-0.3, -0.25) is 9.59 Å². The van der Waals surface area contributed by atoms with Gasteiger partial charge in [0, 0.05) is 23.5 Å². The number of hydrogen-bond donors (Lipinski definition) is 2. The number of amides is 4. The topological polar surface area (TPSA) is 85.5 Å². The molecule has 182 valence electrons. The van der Waals surface area contributed by atoms with Crippen LogP contribution in [0.15, 0.2) is 48.5 Å². The van der Waals surface area contributed by atoms with Gasteiger partial charge >= 0.3 is 6.03 Å². The molecule has 0 aliphatic carbocycles. The van der Waals surface area contributed by atoms with E-state index in [0.717, 1.165) is 47.8 Å². The highest BCUT2D eigenvalue weighted by Crippen LogP contribution is 2.45. The van der Waals surface area contributed by atoms with Crippen molar-refractivity contribution in [3.8, 4) is 0 Å². The summed E-state index contributed by atoms with van der Waals surface area (Å²) in [6, 6.07) is 14.5. The minimum absolute atomic E-state index is 0.00448. The number of imide groups is 1. The van der Waals surface area contributed by atoms with Crippen molar-refractivity contribution in [3.63, 3.8) is 0 Å². The Morgan fingerprint density at radius 2 is 1.86 bits per heavy atom. The number of unbranched alkanes of at least 4 members (excludes halogenated alkanes) is 2. The molecule has 0 saturated carbocycles. The molecule has 1 fully saturated rings. The summed E-state index contributed by atoms with van der Waals surface area (Å²) in [5.41, 5.74) is 2.30. The number of carbonyl (C=O) groups is 3. The zero-order chi connectivity index (χ0) is 24.7. The minimum Gasteiger partial charge on any atom is -0.356 e. The van der Waals surface area contributed by atoms with E-state index in [1.165, 1.54) is 4.90 Å². The van der Waals surface area contributed by atoms with Crippen LogP contribution >= 0.6 is 0 Å². The van der Waals surface area contributed by atoms with Gasteiger partial charge < -0.3 is 15.2 Å². The molecule has 7 heteroatoms. The van der Waals surface area contributed by atoms with Crippen molar-refractivity contribution in [2.75, 3.05) is 11.4 Å². The van der Waals surface area contributed by atoms with E-state index in [1.807, 2.05) is 31.2 Å². The van der Waals surface area contributed by atoms with Crippen LogP contribution in [0.1, 0.15) is 68.1 Å². The van der Waals surface area contributed by atoms with Crippen LogP contribution < -0.4 is 10.2 Å². The zero-order valence-corrected chi connectivity index (χ0v) is 20.6. The quantitative estimate of drug-likeness (QED) is 0.370. The first kappa shape index (κ1) is 23.1. The van der Waals surface area contributed by atoms with Crippen LogP contribution in [0, 0.1) is 0 Å². The van der Waals surface area contributed by atoms with Crippen molar-refractivity contribution in [3.05, 3.63) is 65.4 Å². The van der Waals surface area contributed by atoms with Crippen molar-refractivity contribution < 1.29 is 14.4 Å². The van der Waals surface area contributed by atoms with E-state index in [0.29, 0.717) is 24.2 Å². The number of carbonyl (C=O) groups excluding carboxylic acids is 3. The number of nitrogens with one attached hydrogen (secondary N) is 2. The highest BCUT2D eigenvalue weighted by molar-refractivity contribution is 6.25. The summed E-state index contributed by atoms with van der Waals surface area (Å²) in [5, 5.41) is 4.13. The molecule has 35 heavy (non-hydrogen) atoms. The number of fused-ring (bicyclic) bond motifs is 5. The Labute approximate surface area is 205 Å². The van der Waals surface area contributed by atoms with Crippen molar-refractivity contribution in [2.24, 2.45) is 0 Å². The Hall–Kier alpha value is -3.61. The molecule has 5 rings (SSSR count).